The standard InChI is InChI=1S/C22H31N3O2/c1-15-11-19(23)20(12-16(15)2)24-14-18(13-17-9-7-6-8-10-17)25(21(26)27)22(3,4)5/h6-12,18,24H,13-14,23H2,1-5H3,(H,26,27). The van der Waals surface area contributed by atoms with Gasteiger partial charge in [-0.05, 0) is 69.9 Å². The summed E-state index contributed by atoms with van der Waals surface area (Å²) in [5, 5.41) is 13.2. The highest BCUT2D eigenvalue weighted by Gasteiger charge is 2.33. The average molecular weight is 370 g/mol. The van der Waals surface area contributed by atoms with E-state index in [4.69, 9.17) is 5.73 Å². The summed E-state index contributed by atoms with van der Waals surface area (Å²) in [4.78, 5) is 13.6. The van der Waals surface area contributed by atoms with E-state index < -0.39 is 11.6 Å². The highest BCUT2D eigenvalue weighted by atomic mass is 16.4. The molecule has 0 bridgehead atoms. The van der Waals surface area contributed by atoms with Crippen LogP contribution in [0.5, 0.6) is 0 Å². The zero-order chi connectivity index (χ0) is 20.2. The minimum atomic E-state index is -0.918. The molecule has 1 amide bonds. The van der Waals surface area contributed by atoms with Crippen molar-refractivity contribution in [2.75, 3.05) is 17.6 Å². The molecular weight excluding hydrogens is 338 g/mol. The normalized spacial score (nSPS) is 12.5. The number of nitrogens with one attached hydrogen (secondary N) is 1. The Morgan fingerprint density at radius 1 is 1.15 bits per heavy atom. The number of nitrogens with zero attached hydrogens (tertiary/aromatic N) is 1. The van der Waals surface area contributed by atoms with E-state index in [-0.39, 0.29) is 6.04 Å². The zero-order valence-corrected chi connectivity index (χ0v) is 16.9. The van der Waals surface area contributed by atoms with Gasteiger partial charge in [-0.1, -0.05) is 30.3 Å². The number of nitrogens with two attached hydrogens (primary N) is 1. The number of nitrogen functional groups attached to an aromatic ring is 1. The van der Waals surface area contributed by atoms with Crippen molar-refractivity contribution in [3.05, 3.63) is 59.2 Å². The van der Waals surface area contributed by atoms with Gasteiger partial charge >= 0.3 is 6.09 Å². The molecular formula is C22H31N3O2. The molecule has 5 nitrogen and oxygen atoms in total. The summed E-state index contributed by atoms with van der Waals surface area (Å²) in [6, 6.07) is 13.7. The summed E-state index contributed by atoms with van der Waals surface area (Å²) in [6.07, 6.45) is -0.291. The second-order valence-corrected chi connectivity index (χ2v) is 8.07. The summed E-state index contributed by atoms with van der Waals surface area (Å²) < 4.78 is 0. The first-order valence-corrected chi connectivity index (χ1v) is 9.26. The second kappa shape index (κ2) is 8.33. The molecule has 4 N–H and O–H groups in total. The molecule has 2 aromatic carbocycles. The van der Waals surface area contributed by atoms with E-state index in [1.54, 1.807) is 0 Å². The van der Waals surface area contributed by atoms with Crippen molar-refractivity contribution in [1.82, 2.24) is 4.90 Å². The van der Waals surface area contributed by atoms with E-state index in [0.29, 0.717) is 18.7 Å². The molecule has 27 heavy (non-hydrogen) atoms. The first-order valence-electron chi connectivity index (χ1n) is 9.26. The fraction of sp³-hybridized carbons (Fsp3) is 0.409. The molecule has 1 unspecified atom stereocenters. The molecule has 5 heteroatoms. The predicted octanol–water partition coefficient (Wildman–Crippen LogP) is 4.69. The Bertz CT molecular complexity index is 782. The number of anilines is 2. The zero-order valence-electron chi connectivity index (χ0n) is 16.9. The molecule has 0 radical (unpaired) electrons. The van der Waals surface area contributed by atoms with Crippen molar-refractivity contribution in [1.29, 1.82) is 0 Å². The summed E-state index contributed by atoms with van der Waals surface area (Å²) in [7, 11) is 0. The molecule has 0 aromatic heterocycles. The number of carboxylic acid groups (broad SMARTS) is 1. The first kappa shape index (κ1) is 20.6. The van der Waals surface area contributed by atoms with Crippen molar-refractivity contribution < 1.29 is 9.90 Å². The van der Waals surface area contributed by atoms with Crippen LogP contribution in [0.4, 0.5) is 16.2 Å². The van der Waals surface area contributed by atoms with Crippen LogP contribution >= 0.6 is 0 Å². The van der Waals surface area contributed by atoms with Crippen molar-refractivity contribution >= 4 is 17.5 Å². The number of rotatable bonds is 6. The Labute approximate surface area is 162 Å². The fourth-order valence-electron chi connectivity index (χ4n) is 3.35. The van der Waals surface area contributed by atoms with E-state index in [2.05, 4.69) is 5.32 Å². The van der Waals surface area contributed by atoms with Crippen LogP contribution in [0.25, 0.3) is 0 Å². The Morgan fingerprint density at radius 2 is 1.74 bits per heavy atom. The Balaban J connectivity index is 2.29. The number of hydrogen-bond donors (Lipinski definition) is 3. The quantitative estimate of drug-likeness (QED) is 0.646. The third kappa shape index (κ3) is 5.39. The Kier molecular flexibility index (Phi) is 6.37. The number of benzene rings is 2. The third-order valence-electron chi connectivity index (χ3n) is 4.80. The van der Waals surface area contributed by atoms with E-state index in [1.165, 1.54) is 4.90 Å². The second-order valence-electron chi connectivity index (χ2n) is 8.07. The molecule has 0 aliphatic rings. The molecule has 146 valence electrons. The van der Waals surface area contributed by atoms with Crippen LogP contribution in [0.1, 0.15) is 37.5 Å². The van der Waals surface area contributed by atoms with E-state index in [9.17, 15) is 9.90 Å². The van der Waals surface area contributed by atoms with Gasteiger partial charge in [0.15, 0.2) is 0 Å². The molecule has 0 heterocycles. The average Bonchev–Trinajstić information content (AvgIpc) is 2.56. The predicted molar refractivity (Wildman–Crippen MR) is 112 cm³/mol. The van der Waals surface area contributed by atoms with E-state index >= 15 is 0 Å². The molecule has 0 saturated heterocycles. The van der Waals surface area contributed by atoms with Gasteiger partial charge in [-0.3, -0.25) is 4.90 Å². The van der Waals surface area contributed by atoms with Gasteiger partial charge < -0.3 is 16.2 Å². The van der Waals surface area contributed by atoms with Crippen molar-refractivity contribution in [3.8, 4) is 0 Å². The van der Waals surface area contributed by atoms with Crippen LogP contribution in [0, 0.1) is 13.8 Å². The van der Waals surface area contributed by atoms with Crippen molar-refractivity contribution in [2.24, 2.45) is 0 Å². The maximum atomic E-state index is 12.0. The van der Waals surface area contributed by atoms with E-state index in [1.807, 2.05) is 77.1 Å². The fourth-order valence-corrected chi connectivity index (χ4v) is 3.35. The molecule has 0 saturated carbocycles. The summed E-state index contributed by atoms with van der Waals surface area (Å²) in [5.74, 6) is 0. The van der Waals surface area contributed by atoms with Gasteiger partial charge in [0.2, 0.25) is 0 Å². The van der Waals surface area contributed by atoms with Gasteiger partial charge in [-0.15, -0.1) is 0 Å². The number of hydrogen-bond acceptors (Lipinski definition) is 3. The van der Waals surface area contributed by atoms with Gasteiger partial charge in [0.05, 0.1) is 17.4 Å². The molecule has 0 fully saturated rings. The van der Waals surface area contributed by atoms with E-state index in [0.717, 1.165) is 22.4 Å². The van der Waals surface area contributed by atoms with Crippen LogP contribution in [-0.2, 0) is 6.42 Å². The number of amides is 1. The van der Waals surface area contributed by atoms with Gasteiger partial charge in [0, 0.05) is 12.1 Å². The number of aryl methyl sites for hydroxylation is 2. The highest BCUT2D eigenvalue weighted by molar-refractivity contribution is 5.69. The lowest BCUT2D eigenvalue weighted by molar-refractivity contribution is 0.0737. The van der Waals surface area contributed by atoms with Crippen molar-refractivity contribution in [2.45, 2.75) is 52.6 Å². The van der Waals surface area contributed by atoms with Crippen LogP contribution in [0.15, 0.2) is 42.5 Å². The van der Waals surface area contributed by atoms with Crippen molar-refractivity contribution in [3.63, 3.8) is 0 Å². The maximum absolute atomic E-state index is 12.0. The molecule has 1 atom stereocenters. The molecule has 0 aliphatic carbocycles. The largest absolute Gasteiger partial charge is 0.465 e. The SMILES string of the molecule is Cc1cc(N)c(NCC(Cc2ccccc2)N(C(=O)O)C(C)(C)C)cc1C. The Hall–Kier alpha value is -2.69. The van der Waals surface area contributed by atoms with Gasteiger partial charge in [-0.2, -0.15) is 0 Å². The minimum Gasteiger partial charge on any atom is -0.465 e. The summed E-state index contributed by atoms with van der Waals surface area (Å²) >= 11 is 0. The summed E-state index contributed by atoms with van der Waals surface area (Å²) in [6.45, 7) is 10.3. The lowest BCUT2D eigenvalue weighted by atomic mass is 9.98. The van der Waals surface area contributed by atoms with Gasteiger partial charge in [0.25, 0.3) is 0 Å². The lowest BCUT2D eigenvalue weighted by Crippen LogP contribution is -2.54. The minimum absolute atomic E-state index is 0.231. The summed E-state index contributed by atoms with van der Waals surface area (Å²) in [5.41, 5.74) is 10.6. The van der Waals surface area contributed by atoms with Gasteiger partial charge in [-0.25, -0.2) is 4.79 Å². The van der Waals surface area contributed by atoms with Crippen LogP contribution in [0.2, 0.25) is 0 Å². The highest BCUT2D eigenvalue weighted by Crippen LogP contribution is 2.25. The smallest absolute Gasteiger partial charge is 0.408 e. The monoisotopic (exact) mass is 369 g/mol. The van der Waals surface area contributed by atoms with Crippen LogP contribution in [-0.4, -0.2) is 34.2 Å². The number of carbonyl (C=O) groups is 1. The van der Waals surface area contributed by atoms with Crippen LogP contribution in [0.3, 0.4) is 0 Å². The molecule has 0 aliphatic heterocycles. The Morgan fingerprint density at radius 3 is 2.30 bits per heavy atom. The topological polar surface area (TPSA) is 78.6 Å². The van der Waals surface area contributed by atoms with Gasteiger partial charge in [0.1, 0.15) is 0 Å². The first-order chi connectivity index (χ1) is 12.6. The molecule has 0 spiro atoms. The maximum Gasteiger partial charge on any atom is 0.408 e. The lowest BCUT2D eigenvalue weighted by Gasteiger charge is -2.40. The molecule has 2 aromatic rings. The molecule has 2 rings (SSSR count). The third-order valence-corrected chi connectivity index (χ3v) is 4.80. The van der Waals surface area contributed by atoms with Crippen LogP contribution < -0.4 is 11.1 Å².